The van der Waals surface area contributed by atoms with Crippen LogP contribution in [-0.2, 0) is 9.53 Å². The highest BCUT2D eigenvalue weighted by Gasteiger charge is 2.15. The van der Waals surface area contributed by atoms with Gasteiger partial charge in [-0.3, -0.25) is 9.59 Å². The van der Waals surface area contributed by atoms with Crippen molar-refractivity contribution in [1.82, 2.24) is 0 Å². The Hall–Kier alpha value is -4.09. The number of ether oxygens (including phenoxy) is 1. The maximum Gasteiger partial charge on any atom is 0.338 e. The van der Waals surface area contributed by atoms with E-state index in [1.54, 1.807) is 19.1 Å². The number of hydrogen-bond donors (Lipinski definition) is 2. The lowest BCUT2D eigenvalue weighted by Crippen LogP contribution is -2.21. The second-order valence-electron chi connectivity index (χ2n) is 6.39. The Morgan fingerprint density at radius 3 is 2.61 bits per heavy atom. The van der Waals surface area contributed by atoms with Gasteiger partial charge in [-0.05, 0) is 55.0 Å². The number of esters is 1. The van der Waals surface area contributed by atoms with Gasteiger partial charge in [0.05, 0.1) is 23.1 Å². The van der Waals surface area contributed by atoms with Crippen LogP contribution in [0.4, 0.5) is 11.4 Å². The van der Waals surface area contributed by atoms with E-state index >= 15 is 0 Å². The van der Waals surface area contributed by atoms with Gasteiger partial charge in [0.15, 0.2) is 12.4 Å². The fourth-order valence-electron chi connectivity index (χ4n) is 2.59. The molecule has 0 unspecified atom stereocenters. The van der Waals surface area contributed by atoms with E-state index in [0.29, 0.717) is 10.7 Å². The maximum atomic E-state index is 12.3. The molecule has 0 aliphatic carbocycles. The van der Waals surface area contributed by atoms with E-state index in [2.05, 4.69) is 10.6 Å². The number of amides is 2. The molecular weight excluding hydrogens is 422 g/mol. The number of benzene rings is 2. The minimum atomic E-state index is -0.754. The molecule has 0 atom stereocenters. The summed E-state index contributed by atoms with van der Waals surface area (Å²) < 4.78 is 10.1. The van der Waals surface area contributed by atoms with E-state index in [4.69, 9.17) is 26.0 Å². The first-order valence-corrected chi connectivity index (χ1v) is 9.37. The number of rotatable bonds is 6. The molecule has 9 heteroatoms. The summed E-state index contributed by atoms with van der Waals surface area (Å²) in [6.45, 7) is 1.19. The summed E-state index contributed by atoms with van der Waals surface area (Å²) >= 11 is 5.88. The van der Waals surface area contributed by atoms with Gasteiger partial charge in [0, 0.05) is 10.7 Å². The summed E-state index contributed by atoms with van der Waals surface area (Å²) in [5, 5.41) is 14.6. The van der Waals surface area contributed by atoms with Gasteiger partial charge in [0.1, 0.15) is 6.07 Å². The molecule has 0 saturated heterocycles. The van der Waals surface area contributed by atoms with Crippen LogP contribution in [0.5, 0.6) is 0 Å². The third-order valence-electron chi connectivity index (χ3n) is 4.18. The van der Waals surface area contributed by atoms with Crippen LogP contribution >= 0.6 is 11.6 Å². The predicted molar refractivity (Wildman–Crippen MR) is 113 cm³/mol. The van der Waals surface area contributed by atoms with Gasteiger partial charge < -0.3 is 19.8 Å². The largest absolute Gasteiger partial charge is 0.459 e. The second kappa shape index (κ2) is 9.61. The minimum Gasteiger partial charge on any atom is -0.459 e. The number of furan rings is 1. The lowest BCUT2D eigenvalue weighted by Gasteiger charge is -2.11. The zero-order valence-corrected chi connectivity index (χ0v) is 17.0. The van der Waals surface area contributed by atoms with E-state index in [0.717, 1.165) is 5.56 Å². The molecule has 0 spiro atoms. The van der Waals surface area contributed by atoms with Crippen molar-refractivity contribution >= 4 is 40.8 Å². The van der Waals surface area contributed by atoms with Crippen molar-refractivity contribution in [3.63, 3.8) is 0 Å². The number of carbonyl (C=O) groups is 3. The highest BCUT2D eigenvalue weighted by molar-refractivity contribution is 6.31. The normalized spacial score (nSPS) is 10.1. The van der Waals surface area contributed by atoms with Gasteiger partial charge in [-0.1, -0.05) is 17.7 Å². The van der Waals surface area contributed by atoms with Crippen LogP contribution in [-0.4, -0.2) is 24.4 Å². The Morgan fingerprint density at radius 2 is 1.90 bits per heavy atom. The molecule has 0 saturated carbocycles. The Morgan fingerprint density at radius 1 is 1.10 bits per heavy atom. The molecule has 156 valence electrons. The summed E-state index contributed by atoms with van der Waals surface area (Å²) in [5.74, 6) is -1.73. The average Bonchev–Trinajstić information content (AvgIpc) is 3.29. The third-order valence-corrected chi connectivity index (χ3v) is 4.41. The Balaban J connectivity index is 1.63. The first-order chi connectivity index (χ1) is 14.9. The second-order valence-corrected chi connectivity index (χ2v) is 6.82. The Bertz CT molecular complexity index is 1180. The molecule has 8 nitrogen and oxygen atoms in total. The number of hydrogen-bond acceptors (Lipinski definition) is 6. The molecule has 0 aliphatic rings. The summed E-state index contributed by atoms with van der Waals surface area (Å²) in [6, 6.07) is 14.0. The number of anilines is 2. The van der Waals surface area contributed by atoms with Crippen LogP contribution in [0, 0.1) is 18.3 Å². The fourth-order valence-corrected chi connectivity index (χ4v) is 2.77. The summed E-state index contributed by atoms with van der Waals surface area (Å²) in [7, 11) is 0. The predicted octanol–water partition coefficient (Wildman–Crippen LogP) is 4.16. The zero-order chi connectivity index (χ0) is 22.4. The van der Waals surface area contributed by atoms with E-state index in [9.17, 15) is 14.4 Å². The molecule has 1 heterocycles. The standard InChI is InChI=1S/C22H16ClN3O5/c1-13-4-5-14(9-17(13)26-21(28)19-3-2-8-30-19)22(29)31-12-20(27)25-18-10-16(23)7-6-15(18)11-24/h2-10H,12H2,1H3,(H,25,27)(H,26,28). The van der Waals surface area contributed by atoms with Crippen molar-refractivity contribution in [3.8, 4) is 6.07 Å². The first-order valence-electron chi connectivity index (χ1n) is 8.99. The number of carbonyl (C=O) groups excluding carboxylic acids is 3. The van der Waals surface area contributed by atoms with Crippen LogP contribution in [0.2, 0.25) is 5.02 Å². The van der Waals surface area contributed by atoms with Crippen molar-refractivity contribution in [1.29, 1.82) is 5.26 Å². The molecule has 0 bridgehead atoms. The van der Waals surface area contributed by atoms with Gasteiger partial charge in [-0.25, -0.2) is 4.79 Å². The van der Waals surface area contributed by atoms with Crippen molar-refractivity contribution in [2.24, 2.45) is 0 Å². The molecule has 2 aromatic carbocycles. The van der Waals surface area contributed by atoms with Gasteiger partial charge in [0.2, 0.25) is 0 Å². The first kappa shape index (κ1) is 21.6. The van der Waals surface area contributed by atoms with Gasteiger partial charge >= 0.3 is 5.97 Å². The molecule has 0 radical (unpaired) electrons. The van der Waals surface area contributed by atoms with Crippen LogP contribution in [0.25, 0.3) is 0 Å². The summed E-state index contributed by atoms with van der Waals surface area (Å²) in [5.41, 5.74) is 1.71. The van der Waals surface area contributed by atoms with Crippen LogP contribution in [0.15, 0.2) is 59.2 Å². The van der Waals surface area contributed by atoms with Crippen LogP contribution in [0.3, 0.4) is 0 Å². The molecule has 2 N–H and O–H groups in total. The summed E-state index contributed by atoms with van der Waals surface area (Å²) in [4.78, 5) is 36.6. The molecule has 2 amide bonds. The Kier molecular flexibility index (Phi) is 6.70. The zero-order valence-electron chi connectivity index (χ0n) is 16.3. The van der Waals surface area contributed by atoms with Crippen molar-refractivity contribution < 1.29 is 23.5 Å². The van der Waals surface area contributed by atoms with E-state index < -0.39 is 24.4 Å². The van der Waals surface area contributed by atoms with E-state index in [1.165, 1.54) is 42.7 Å². The van der Waals surface area contributed by atoms with E-state index in [-0.39, 0.29) is 22.6 Å². The van der Waals surface area contributed by atoms with Gasteiger partial charge in [-0.15, -0.1) is 0 Å². The fraction of sp³-hybridized carbons (Fsp3) is 0.0909. The number of nitriles is 1. The topological polar surface area (TPSA) is 121 Å². The highest BCUT2D eigenvalue weighted by atomic mass is 35.5. The quantitative estimate of drug-likeness (QED) is 0.558. The molecule has 1 aromatic heterocycles. The van der Waals surface area contributed by atoms with Crippen LogP contribution < -0.4 is 10.6 Å². The molecule has 3 aromatic rings. The van der Waals surface area contributed by atoms with E-state index in [1.807, 2.05) is 6.07 Å². The lowest BCUT2D eigenvalue weighted by molar-refractivity contribution is -0.119. The molecule has 0 fully saturated rings. The van der Waals surface area contributed by atoms with Crippen molar-refractivity contribution in [2.45, 2.75) is 6.92 Å². The average molecular weight is 438 g/mol. The summed E-state index contributed by atoms with van der Waals surface area (Å²) in [6.07, 6.45) is 1.38. The highest BCUT2D eigenvalue weighted by Crippen LogP contribution is 2.21. The number of aryl methyl sites for hydroxylation is 1. The molecule has 0 aliphatic heterocycles. The Labute approximate surface area is 182 Å². The monoisotopic (exact) mass is 437 g/mol. The number of halogens is 1. The molecule has 31 heavy (non-hydrogen) atoms. The minimum absolute atomic E-state index is 0.127. The van der Waals surface area contributed by atoms with Gasteiger partial charge in [0.25, 0.3) is 11.8 Å². The van der Waals surface area contributed by atoms with Crippen LogP contribution in [0.1, 0.15) is 32.0 Å². The SMILES string of the molecule is Cc1ccc(C(=O)OCC(=O)Nc2cc(Cl)ccc2C#N)cc1NC(=O)c1ccco1. The lowest BCUT2D eigenvalue weighted by atomic mass is 10.1. The smallest absolute Gasteiger partial charge is 0.338 e. The van der Waals surface area contributed by atoms with Crippen molar-refractivity contribution in [3.05, 3.63) is 82.3 Å². The third kappa shape index (κ3) is 5.50. The number of nitrogens with one attached hydrogen (secondary N) is 2. The molecular formula is C22H16ClN3O5. The molecule has 3 rings (SSSR count). The van der Waals surface area contributed by atoms with Crippen molar-refractivity contribution in [2.75, 3.05) is 17.2 Å². The van der Waals surface area contributed by atoms with Gasteiger partial charge in [-0.2, -0.15) is 5.26 Å². The number of nitrogens with zero attached hydrogens (tertiary/aromatic N) is 1. The maximum absolute atomic E-state index is 12.3.